The summed E-state index contributed by atoms with van der Waals surface area (Å²) in [5.74, 6) is 0. The summed E-state index contributed by atoms with van der Waals surface area (Å²) in [6.07, 6.45) is 3.13. The van der Waals surface area contributed by atoms with Crippen molar-refractivity contribution in [2.75, 3.05) is 6.54 Å². The molecule has 3 nitrogen and oxygen atoms in total. The van der Waals surface area contributed by atoms with Gasteiger partial charge in [-0.1, -0.05) is 36.7 Å². The van der Waals surface area contributed by atoms with Crippen LogP contribution in [0.25, 0.3) is 0 Å². The number of nitrogens with zero attached hydrogens (tertiary/aromatic N) is 2. The Morgan fingerprint density at radius 2 is 2.11 bits per heavy atom. The van der Waals surface area contributed by atoms with Crippen molar-refractivity contribution >= 4 is 11.6 Å². The van der Waals surface area contributed by atoms with Gasteiger partial charge < -0.3 is 5.32 Å². The normalized spacial score (nSPS) is 10.8. The summed E-state index contributed by atoms with van der Waals surface area (Å²) in [5, 5.41) is 8.64. The third kappa shape index (κ3) is 3.59. The van der Waals surface area contributed by atoms with Crippen LogP contribution in [0.1, 0.15) is 24.6 Å². The number of hydrogen-bond acceptors (Lipinski definition) is 2. The van der Waals surface area contributed by atoms with Crippen LogP contribution in [0.3, 0.4) is 0 Å². The van der Waals surface area contributed by atoms with Crippen LogP contribution >= 0.6 is 11.6 Å². The largest absolute Gasteiger partial charge is 0.311 e. The molecule has 0 unspecified atom stereocenters. The highest BCUT2D eigenvalue weighted by atomic mass is 35.5. The zero-order chi connectivity index (χ0) is 12.8. The SMILES string of the molecule is CCCNCc1ccn(Cc2ccccc2Cl)n1. The lowest BCUT2D eigenvalue weighted by molar-refractivity contribution is 0.628. The van der Waals surface area contributed by atoms with Crippen LogP contribution in [0, 0.1) is 0 Å². The summed E-state index contributed by atoms with van der Waals surface area (Å²) in [7, 11) is 0. The second-order valence-corrected chi connectivity index (χ2v) is 4.68. The minimum atomic E-state index is 0.716. The van der Waals surface area contributed by atoms with E-state index in [-0.39, 0.29) is 0 Å². The summed E-state index contributed by atoms with van der Waals surface area (Å²) in [6.45, 7) is 4.72. The fourth-order valence-corrected chi connectivity index (χ4v) is 1.98. The van der Waals surface area contributed by atoms with Gasteiger partial charge in [0.25, 0.3) is 0 Å². The number of rotatable bonds is 6. The summed E-state index contributed by atoms with van der Waals surface area (Å²) in [4.78, 5) is 0. The van der Waals surface area contributed by atoms with Gasteiger partial charge in [0, 0.05) is 17.8 Å². The van der Waals surface area contributed by atoms with E-state index >= 15 is 0 Å². The van der Waals surface area contributed by atoms with Crippen LogP contribution in [0.15, 0.2) is 36.5 Å². The summed E-state index contributed by atoms with van der Waals surface area (Å²) in [6, 6.07) is 9.91. The summed E-state index contributed by atoms with van der Waals surface area (Å²) >= 11 is 6.13. The van der Waals surface area contributed by atoms with Gasteiger partial charge in [0.05, 0.1) is 12.2 Å². The maximum Gasteiger partial charge on any atom is 0.0762 e. The van der Waals surface area contributed by atoms with E-state index in [0.29, 0.717) is 6.54 Å². The third-order valence-corrected chi connectivity index (χ3v) is 3.09. The molecule has 0 fully saturated rings. The van der Waals surface area contributed by atoms with Crippen LogP contribution in [0.2, 0.25) is 5.02 Å². The monoisotopic (exact) mass is 263 g/mol. The van der Waals surface area contributed by atoms with E-state index in [0.717, 1.165) is 35.8 Å². The molecule has 1 N–H and O–H groups in total. The van der Waals surface area contributed by atoms with E-state index in [9.17, 15) is 0 Å². The van der Waals surface area contributed by atoms with E-state index < -0.39 is 0 Å². The fraction of sp³-hybridized carbons (Fsp3) is 0.357. The van der Waals surface area contributed by atoms with Crippen LogP contribution in [0.4, 0.5) is 0 Å². The lowest BCUT2D eigenvalue weighted by atomic mass is 10.2. The summed E-state index contributed by atoms with van der Waals surface area (Å²) in [5.41, 5.74) is 2.16. The van der Waals surface area contributed by atoms with Crippen molar-refractivity contribution in [2.24, 2.45) is 0 Å². The van der Waals surface area contributed by atoms with Crippen molar-refractivity contribution in [3.05, 3.63) is 52.8 Å². The van der Waals surface area contributed by atoms with Gasteiger partial charge in [-0.05, 0) is 30.7 Å². The Labute approximate surface area is 113 Å². The Morgan fingerprint density at radius 1 is 1.28 bits per heavy atom. The first kappa shape index (κ1) is 13.1. The predicted molar refractivity (Wildman–Crippen MR) is 74.8 cm³/mol. The van der Waals surface area contributed by atoms with Gasteiger partial charge in [-0.25, -0.2) is 0 Å². The Hall–Kier alpha value is -1.32. The van der Waals surface area contributed by atoms with Gasteiger partial charge in [0.15, 0.2) is 0 Å². The van der Waals surface area contributed by atoms with E-state index in [2.05, 4.69) is 17.3 Å². The molecule has 1 aromatic carbocycles. The Balaban J connectivity index is 1.96. The Bertz CT molecular complexity index is 493. The molecule has 0 saturated heterocycles. The van der Waals surface area contributed by atoms with Crippen LogP contribution in [0.5, 0.6) is 0 Å². The molecule has 1 heterocycles. The molecular weight excluding hydrogens is 246 g/mol. The molecule has 1 aromatic heterocycles. The van der Waals surface area contributed by atoms with Gasteiger partial charge in [-0.15, -0.1) is 0 Å². The van der Waals surface area contributed by atoms with Gasteiger partial charge in [0.1, 0.15) is 0 Å². The molecule has 4 heteroatoms. The maximum atomic E-state index is 6.13. The zero-order valence-corrected chi connectivity index (χ0v) is 11.3. The van der Waals surface area contributed by atoms with Gasteiger partial charge in [-0.2, -0.15) is 5.10 Å². The number of halogens is 1. The lowest BCUT2D eigenvalue weighted by Crippen LogP contribution is -2.14. The highest BCUT2D eigenvalue weighted by Gasteiger charge is 2.02. The Kier molecular flexibility index (Phi) is 4.79. The highest BCUT2D eigenvalue weighted by molar-refractivity contribution is 6.31. The number of hydrogen-bond donors (Lipinski definition) is 1. The van der Waals surface area contributed by atoms with Crippen LogP contribution < -0.4 is 5.32 Å². The fourth-order valence-electron chi connectivity index (χ4n) is 1.78. The van der Waals surface area contributed by atoms with Crippen molar-refractivity contribution in [3.8, 4) is 0 Å². The molecule has 96 valence electrons. The van der Waals surface area contributed by atoms with Crippen LogP contribution in [-0.2, 0) is 13.1 Å². The van der Waals surface area contributed by atoms with E-state index in [1.807, 2.05) is 41.2 Å². The van der Waals surface area contributed by atoms with E-state index in [1.54, 1.807) is 0 Å². The quantitative estimate of drug-likeness (QED) is 0.812. The molecular formula is C14H18ClN3. The smallest absolute Gasteiger partial charge is 0.0762 e. The average Bonchev–Trinajstić information content (AvgIpc) is 2.80. The molecule has 0 bridgehead atoms. The first-order chi connectivity index (χ1) is 8.79. The van der Waals surface area contributed by atoms with E-state index in [4.69, 9.17) is 11.6 Å². The van der Waals surface area contributed by atoms with Crippen molar-refractivity contribution < 1.29 is 0 Å². The standard InChI is InChI=1S/C14H18ClN3/c1-2-8-16-10-13-7-9-18(17-13)11-12-5-3-4-6-14(12)15/h3-7,9,16H,2,8,10-11H2,1H3. The first-order valence-electron chi connectivity index (χ1n) is 6.26. The van der Waals surface area contributed by atoms with Crippen molar-refractivity contribution in [3.63, 3.8) is 0 Å². The molecule has 0 aliphatic carbocycles. The number of nitrogens with one attached hydrogen (secondary N) is 1. The maximum absolute atomic E-state index is 6.13. The van der Waals surface area contributed by atoms with Crippen LogP contribution in [-0.4, -0.2) is 16.3 Å². The first-order valence-corrected chi connectivity index (χ1v) is 6.64. The minimum absolute atomic E-state index is 0.716. The zero-order valence-electron chi connectivity index (χ0n) is 10.6. The summed E-state index contributed by atoms with van der Waals surface area (Å²) < 4.78 is 1.92. The molecule has 2 rings (SSSR count). The Morgan fingerprint density at radius 3 is 2.89 bits per heavy atom. The molecule has 0 radical (unpaired) electrons. The molecule has 0 atom stereocenters. The average molecular weight is 264 g/mol. The van der Waals surface area contributed by atoms with Gasteiger partial charge >= 0.3 is 0 Å². The molecule has 0 amide bonds. The number of aromatic nitrogens is 2. The van der Waals surface area contributed by atoms with Gasteiger partial charge in [-0.3, -0.25) is 4.68 Å². The minimum Gasteiger partial charge on any atom is -0.311 e. The van der Waals surface area contributed by atoms with Crippen molar-refractivity contribution in [2.45, 2.75) is 26.4 Å². The molecule has 0 saturated carbocycles. The van der Waals surface area contributed by atoms with E-state index in [1.165, 1.54) is 0 Å². The third-order valence-electron chi connectivity index (χ3n) is 2.72. The molecule has 2 aromatic rings. The second kappa shape index (κ2) is 6.57. The molecule has 18 heavy (non-hydrogen) atoms. The van der Waals surface area contributed by atoms with Crippen molar-refractivity contribution in [1.29, 1.82) is 0 Å². The topological polar surface area (TPSA) is 29.9 Å². The van der Waals surface area contributed by atoms with Gasteiger partial charge in [0.2, 0.25) is 0 Å². The second-order valence-electron chi connectivity index (χ2n) is 4.27. The molecule has 0 aliphatic heterocycles. The highest BCUT2D eigenvalue weighted by Crippen LogP contribution is 2.15. The predicted octanol–water partition coefficient (Wildman–Crippen LogP) is 3.08. The molecule has 0 aliphatic rings. The lowest BCUT2D eigenvalue weighted by Gasteiger charge is -2.04. The number of benzene rings is 1. The van der Waals surface area contributed by atoms with Crippen molar-refractivity contribution in [1.82, 2.24) is 15.1 Å². The molecule has 0 spiro atoms.